The minimum Gasteiger partial charge on any atom is -0.355 e. The van der Waals surface area contributed by atoms with E-state index in [9.17, 15) is 13.2 Å². The van der Waals surface area contributed by atoms with Crippen LogP contribution >= 0.6 is 0 Å². The summed E-state index contributed by atoms with van der Waals surface area (Å²) in [6, 6.07) is 5.44. The molecule has 6 nitrogen and oxygen atoms in total. The highest BCUT2D eigenvalue weighted by Gasteiger charge is 2.23. The van der Waals surface area contributed by atoms with Gasteiger partial charge in [0.2, 0.25) is 15.9 Å². The van der Waals surface area contributed by atoms with Gasteiger partial charge >= 0.3 is 0 Å². The van der Waals surface area contributed by atoms with Crippen LogP contribution in [0.2, 0.25) is 0 Å². The number of rotatable bonds is 5. The first-order valence-electron chi connectivity index (χ1n) is 6.50. The molecule has 0 aliphatic heterocycles. The quantitative estimate of drug-likeness (QED) is 0.656. The fourth-order valence-corrected chi connectivity index (χ4v) is 2.99. The first-order chi connectivity index (χ1) is 9.92. The first-order valence-corrected chi connectivity index (χ1v) is 7.98. The lowest BCUT2D eigenvalue weighted by Gasteiger charge is -2.14. The second kappa shape index (κ2) is 7.78. The van der Waals surface area contributed by atoms with E-state index in [0.717, 1.165) is 0 Å². The third-order valence-electron chi connectivity index (χ3n) is 2.58. The zero-order valence-corrected chi connectivity index (χ0v) is 12.8. The highest BCUT2D eigenvalue weighted by atomic mass is 32.2. The molecule has 7 heteroatoms. The summed E-state index contributed by atoms with van der Waals surface area (Å²) in [6.07, 6.45) is 0. The second-order valence-corrected chi connectivity index (χ2v) is 5.92. The molecule has 1 aromatic rings. The van der Waals surface area contributed by atoms with Crippen molar-refractivity contribution in [1.82, 2.24) is 10.0 Å². The van der Waals surface area contributed by atoms with Crippen molar-refractivity contribution in [2.45, 2.75) is 24.8 Å². The molecule has 1 atom stereocenters. The maximum absolute atomic E-state index is 12.3. The van der Waals surface area contributed by atoms with Crippen LogP contribution in [0.5, 0.6) is 0 Å². The minimum absolute atomic E-state index is 0.0297. The van der Waals surface area contributed by atoms with Crippen molar-refractivity contribution >= 4 is 15.9 Å². The van der Waals surface area contributed by atoms with Crippen molar-refractivity contribution in [3.63, 3.8) is 0 Å². The number of nitrogens with one attached hydrogen (secondary N) is 2. The number of nitrogens with two attached hydrogens (primary N) is 1. The summed E-state index contributed by atoms with van der Waals surface area (Å²) in [5.41, 5.74) is 5.64. The smallest absolute Gasteiger partial charge is 0.242 e. The number of hydrogen-bond acceptors (Lipinski definition) is 4. The Labute approximate surface area is 125 Å². The predicted molar refractivity (Wildman–Crippen MR) is 80.8 cm³/mol. The van der Waals surface area contributed by atoms with Gasteiger partial charge in [0.1, 0.15) is 0 Å². The largest absolute Gasteiger partial charge is 0.355 e. The molecule has 1 aromatic carbocycles. The molecule has 0 aliphatic rings. The van der Waals surface area contributed by atoms with E-state index in [2.05, 4.69) is 21.9 Å². The Morgan fingerprint density at radius 1 is 1.38 bits per heavy atom. The van der Waals surface area contributed by atoms with Crippen LogP contribution in [0.3, 0.4) is 0 Å². The van der Waals surface area contributed by atoms with Gasteiger partial charge in [-0.15, -0.1) is 0 Å². The average Bonchev–Trinajstić information content (AvgIpc) is 2.45. The number of sulfonamides is 1. The van der Waals surface area contributed by atoms with Crippen molar-refractivity contribution in [2.75, 3.05) is 13.1 Å². The molecule has 0 aromatic heterocycles. The van der Waals surface area contributed by atoms with Crippen LogP contribution in [0.25, 0.3) is 0 Å². The Balaban J connectivity index is 3.06. The topological polar surface area (TPSA) is 101 Å². The highest BCUT2D eigenvalue weighted by molar-refractivity contribution is 7.89. The van der Waals surface area contributed by atoms with Crippen molar-refractivity contribution in [3.8, 4) is 11.8 Å². The van der Waals surface area contributed by atoms with Gasteiger partial charge in [-0.25, -0.2) is 8.42 Å². The van der Waals surface area contributed by atoms with E-state index < -0.39 is 16.1 Å². The molecule has 114 valence electrons. The van der Waals surface area contributed by atoms with Gasteiger partial charge in [-0.1, -0.05) is 24.0 Å². The van der Waals surface area contributed by atoms with E-state index in [0.29, 0.717) is 12.1 Å². The molecule has 0 bridgehead atoms. The molecule has 21 heavy (non-hydrogen) atoms. The number of likely N-dealkylation sites (N-methyl/N-ethyl adjacent to an activating group) is 1. The standard InChI is InChI=1S/C14H19N3O3S/c1-3-16-14(18)11(2)17-21(19,20)13-9-5-4-7-12(13)8-6-10-15/h4-5,7,9,11,17H,3,10,15H2,1-2H3,(H,16,18). The van der Waals surface area contributed by atoms with E-state index >= 15 is 0 Å². The molecule has 1 rings (SSSR count). The molecular weight excluding hydrogens is 290 g/mol. The molecule has 0 aliphatic carbocycles. The average molecular weight is 309 g/mol. The summed E-state index contributed by atoms with van der Waals surface area (Å²) in [5, 5.41) is 2.56. The van der Waals surface area contributed by atoms with Crippen LogP contribution in [0.1, 0.15) is 19.4 Å². The Bertz CT molecular complexity index is 660. The lowest BCUT2D eigenvalue weighted by atomic mass is 10.2. The van der Waals surface area contributed by atoms with Gasteiger partial charge in [-0.05, 0) is 26.0 Å². The molecule has 1 unspecified atom stereocenters. The fraction of sp³-hybridized carbons (Fsp3) is 0.357. The van der Waals surface area contributed by atoms with Crippen molar-refractivity contribution < 1.29 is 13.2 Å². The summed E-state index contributed by atoms with van der Waals surface area (Å²) in [4.78, 5) is 11.7. The SMILES string of the molecule is CCNC(=O)C(C)NS(=O)(=O)c1ccccc1C#CCN. The Morgan fingerprint density at radius 3 is 2.67 bits per heavy atom. The number of amides is 1. The summed E-state index contributed by atoms with van der Waals surface area (Å²) < 4.78 is 27.0. The highest BCUT2D eigenvalue weighted by Crippen LogP contribution is 2.14. The molecule has 0 saturated carbocycles. The summed E-state index contributed by atoms with van der Waals surface area (Å²) in [7, 11) is -3.84. The zero-order valence-electron chi connectivity index (χ0n) is 12.0. The van der Waals surface area contributed by atoms with Crippen molar-refractivity contribution in [3.05, 3.63) is 29.8 Å². The van der Waals surface area contributed by atoms with Gasteiger partial charge in [0.05, 0.1) is 17.5 Å². The van der Waals surface area contributed by atoms with Crippen LogP contribution in [0.15, 0.2) is 29.2 Å². The van der Waals surface area contributed by atoms with Crippen LogP contribution in [-0.2, 0) is 14.8 Å². The van der Waals surface area contributed by atoms with E-state index in [1.54, 1.807) is 25.1 Å². The minimum atomic E-state index is -3.84. The van der Waals surface area contributed by atoms with Crippen LogP contribution in [0.4, 0.5) is 0 Å². The number of carbonyl (C=O) groups is 1. The van der Waals surface area contributed by atoms with Gasteiger partial charge in [0, 0.05) is 12.1 Å². The van der Waals surface area contributed by atoms with E-state index in [4.69, 9.17) is 5.73 Å². The van der Waals surface area contributed by atoms with Gasteiger partial charge in [0.15, 0.2) is 0 Å². The third-order valence-corrected chi connectivity index (χ3v) is 4.18. The fourth-order valence-electron chi connectivity index (χ4n) is 1.63. The molecule has 0 saturated heterocycles. The van der Waals surface area contributed by atoms with Crippen LogP contribution in [-0.4, -0.2) is 33.5 Å². The second-order valence-electron chi connectivity index (χ2n) is 4.24. The van der Waals surface area contributed by atoms with Crippen LogP contribution < -0.4 is 15.8 Å². The molecule has 0 radical (unpaired) electrons. The monoisotopic (exact) mass is 309 g/mol. The van der Waals surface area contributed by atoms with Gasteiger partial charge in [-0.3, -0.25) is 4.79 Å². The van der Waals surface area contributed by atoms with Crippen molar-refractivity contribution in [2.24, 2.45) is 5.73 Å². The Hall–Kier alpha value is -1.88. The van der Waals surface area contributed by atoms with Gasteiger partial charge in [0.25, 0.3) is 0 Å². The lowest BCUT2D eigenvalue weighted by Crippen LogP contribution is -2.44. The molecule has 1 amide bonds. The third kappa shape index (κ3) is 4.86. The number of benzene rings is 1. The van der Waals surface area contributed by atoms with E-state index in [-0.39, 0.29) is 17.3 Å². The zero-order chi connectivity index (χ0) is 15.9. The Kier molecular flexibility index (Phi) is 6.37. The molecule has 0 fully saturated rings. The molecule has 0 heterocycles. The lowest BCUT2D eigenvalue weighted by molar-refractivity contribution is -0.122. The van der Waals surface area contributed by atoms with E-state index in [1.165, 1.54) is 13.0 Å². The molecular formula is C14H19N3O3S. The summed E-state index contributed by atoms with van der Waals surface area (Å²) in [6.45, 7) is 3.81. The molecule has 0 spiro atoms. The maximum Gasteiger partial charge on any atom is 0.242 e. The summed E-state index contributed by atoms with van der Waals surface area (Å²) >= 11 is 0. The van der Waals surface area contributed by atoms with Gasteiger partial charge < -0.3 is 11.1 Å². The van der Waals surface area contributed by atoms with Crippen LogP contribution in [0, 0.1) is 11.8 Å². The summed E-state index contributed by atoms with van der Waals surface area (Å²) in [5.74, 6) is 4.95. The predicted octanol–water partition coefficient (Wildman–Crippen LogP) is -0.200. The molecule has 4 N–H and O–H groups in total. The first kappa shape index (κ1) is 17.2. The maximum atomic E-state index is 12.3. The Morgan fingerprint density at radius 2 is 2.05 bits per heavy atom. The van der Waals surface area contributed by atoms with E-state index in [1.807, 2.05) is 0 Å². The number of hydrogen-bond donors (Lipinski definition) is 3. The normalized spacial score (nSPS) is 12.1. The van der Waals surface area contributed by atoms with Crippen molar-refractivity contribution in [1.29, 1.82) is 0 Å². The van der Waals surface area contributed by atoms with Gasteiger partial charge in [-0.2, -0.15) is 4.72 Å². The number of carbonyl (C=O) groups excluding carboxylic acids is 1.